The molecule has 1 atom stereocenters. The fraction of sp³-hybridized carbons (Fsp3) is 0.667. The fourth-order valence-electron chi connectivity index (χ4n) is 1.01. The van der Waals surface area contributed by atoms with E-state index < -0.39 is 0 Å². The Morgan fingerprint density at radius 2 is 2.08 bits per heavy atom. The van der Waals surface area contributed by atoms with Crippen molar-refractivity contribution >= 4 is 6.41 Å². The molecule has 0 aliphatic rings. The number of hydrogen-bond donors (Lipinski definition) is 1. The van der Waals surface area contributed by atoms with Crippen LogP contribution in [0.3, 0.4) is 0 Å². The van der Waals surface area contributed by atoms with Gasteiger partial charge in [-0.3, -0.25) is 4.79 Å². The summed E-state index contributed by atoms with van der Waals surface area (Å²) >= 11 is 0. The van der Waals surface area contributed by atoms with E-state index in [0.29, 0.717) is 0 Å². The van der Waals surface area contributed by atoms with Crippen LogP contribution in [-0.2, 0) is 4.79 Å². The molecule has 1 amide bonds. The molecule has 1 N–H and O–H groups in total. The molecule has 3 nitrogen and oxygen atoms in total. The lowest BCUT2D eigenvalue weighted by Gasteiger charge is -2.36. The first-order valence-electron chi connectivity index (χ1n) is 3.94. The van der Waals surface area contributed by atoms with Crippen LogP contribution in [0.25, 0.3) is 0 Å². The van der Waals surface area contributed by atoms with Crippen LogP contribution in [0.2, 0.25) is 0 Å². The molecule has 0 aromatic rings. The molecule has 0 rings (SSSR count). The summed E-state index contributed by atoms with van der Waals surface area (Å²) in [5, 5.41) is 8.92. The number of nitrogens with zero attached hydrogens (tertiary/aromatic N) is 1. The maximum atomic E-state index is 10.7. The smallest absolute Gasteiger partial charge is 0.210 e. The van der Waals surface area contributed by atoms with Gasteiger partial charge in [0.1, 0.15) is 0 Å². The second-order valence-corrected chi connectivity index (χ2v) is 3.67. The predicted octanol–water partition coefficient (Wildman–Crippen LogP) is 0.790. The van der Waals surface area contributed by atoms with E-state index in [-0.39, 0.29) is 18.2 Å². The van der Waals surface area contributed by atoms with Gasteiger partial charge in [-0.2, -0.15) is 0 Å². The van der Waals surface area contributed by atoms with E-state index in [4.69, 9.17) is 5.11 Å². The molecule has 0 aromatic carbocycles. The SMILES string of the molecule is C=CC(CO)N(C=O)C(C)(C)C. The third-order valence-corrected chi connectivity index (χ3v) is 1.70. The Balaban J connectivity index is 4.52. The summed E-state index contributed by atoms with van der Waals surface area (Å²) in [5.74, 6) is 0. The van der Waals surface area contributed by atoms with Crippen LogP contribution in [0.4, 0.5) is 0 Å². The minimum Gasteiger partial charge on any atom is -0.394 e. The van der Waals surface area contributed by atoms with E-state index in [1.165, 1.54) is 0 Å². The van der Waals surface area contributed by atoms with Gasteiger partial charge in [-0.15, -0.1) is 6.58 Å². The maximum absolute atomic E-state index is 10.7. The zero-order chi connectivity index (χ0) is 9.78. The minimum absolute atomic E-state index is 0.0838. The summed E-state index contributed by atoms with van der Waals surface area (Å²) in [7, 11) is 0. The molecule has 12 heavy (non-hydrogen) atoms. The van der Waals surface area contributed by atoms with E-state index in [1.54, 1.807) is 11.0 Å². The van der Waals surface area contributed by atoms with Crippen LogP contribution < -0.4 is 0 Å². The van der Waals surface area contributed by atoms with Crippen LogP contribution in [0, 0.1) is 0 Å². The third-order valence-electron chi connectivity index (χ3n) is 1.70. The first kappa shape index (κ1) is 11.2. The van der Waals surface area contributed by atoms with Crippen molar-refractivity contribution in [2.75, 3.05) is 6.61 Å². The van der Waals surface area contributed by atoms with Gasteiger partial charge in [-0.25, -0.2) is 0 Å². The quantitative estimate of drug-likeness (QED) is 0.502. The van der Waals surface area contributed by atoms with Crippen molar-refractivity contribution in [3.05, 3.63) is 12.7 Å². The first-order valence-corrected chi connectivity index (χ1v) is 3.94. The van der Waals surface area contributed by atoms with Crippen molar-refractivity contribution in [3.8, 4) is 0 Å². The van der Waals surface area contributed by atoms with Crippen LogP contribution in [-0.4, -0.2) is 34.6 Å². The standard InChI is InChI=1S/C9H17NO2/c1-5-8(6-11)10(7-12)9(2,3)4/h5,7-8,11H,1,6H2,2-4H3. The normalized spacial score (nSPS) is 13.7. The van der Waals surface area contributed by atoms with Crippen LogP contribution in [0.15, 0.2) is 12.7 Å². The largest absolute Gasteiger partial charge is 0.394 e. The average Bonchev–Trinajstić information content (AvgIpc) is 1.97. The molecule has 70 valence electrons. The summed E-state index contributed by atoms with van der Waals surface area (Å²) < 4.78 is 0. The molecule has 1 unspecified atom stereocenters. The van der Waals surface area contributed by atoms with Gasteiger partial charge >= 0.3 is 0 Å². The third kappa shape index (κ3) is 2.66. The fourth-order valence-corrected chi connectivity index (χ4v) is 1.01. The molecule has 0 radical (unpaired) electrons. The summed E-state index contributed by atoms with van der Waals surface area (Å²) in [4.78, 5) is 12.2. The predicted molar refractivity (Wildman–Crippen MR) is 48.7 cm³/mol. The molecule has 0 fully saturated rings. The lowest BCUT2D eigenvalue weighted by Crippen LogP contribution is -2.47. The maximum Gasteiger partial charge on any atom is 0.210 e. The van der Waals surface area contributed by atoms with E-state index in [1.807, 2.05) is 20.8 Å². The van der Waals surface area contributed by atoms with Crippen molar-refractivity contribution in [2.24, 2.45) is 0 Å². The summed E-state index contributed by atoms with van der Waals surface area (Å²) in [6.07, 6.45) is 2.31. The van der Waals surface area contributed by atoms with E-state index in [2.05, 4.69) is 6.58 Å². The summed E-state index contributed by atoms with van der Waals surface area (Å²) in [5.41, 5.74) is -0.274. The second-order valence-electron chi connectivity index (χ2n) is 3.67. The number of aliphatic hydroxyl groups excluding tert-OH is 1. The molecule has 0 bridgehead atoms. The highest BCUT2D eigenvalue weighted by Gasteiger charge is 2.24. The van der Waals surface area contributed by atoms with E-state index in [0.717, 1.165) is 6.41 Å². The highest BCUT2D eigenvalue weighted by Crippen LogP contribution is 2.14. The van der Waals surface area contributed by atoms with E-state index >= 15 is 0 Å². The number of carbonyl (C=O) groups excluding carboxylic acids is 1. The van der Waals surface area contributed by atoms with Gasteiger partial charge in [0.05, 0.1) is 12.6 Å². The molecule has 0 aromatic heterocycles. The van der Waals surface area contributed by atoms with Crippen molar-refractivity contribution in [1.82, 2.24) is 4.90 Å². The number of rotatable bonds is 4. The van der Waals surface area contributed by atoms with Crippen molar-refractivity contribution in [3.63, 3.8) is 0 Å². The van der Waals surface area contributed by atoms with Gasteiger partial charge in [0, 0.05) is 5.54 Å². The Labute approximate surface area is 73.7 Å². The lowest BCUT2D eigenvalue weighted by atomic mass is 10.0. The van der Waals surface area contributed by atoms with Crippen LogP contribution in [0.1, 0.15) is 20.8 Å². The highest BCUT2D eigenvalue weighted by atomic mass is 16.3. The number of aliphatic hydroxyl groups is 1. The van der Waals surface area contributed by atoms with Gasteiger partial charge in [-0.1, -0.05) is 6.08 Å². The topological polar surface area (TPSA) is 40.5 Å². The Morgan fingerprint density at radius 3 is 2.17 bits per heavy atom. The molecule has 0 spiro atoms. The molecule has 0 saturated carbocycles. The van der Waals surface area contributed by atoms with Gasteiger partial charge in [0.25, 0.3) is 0 Å². The molecular formula is C9H17NO2. The van der Waals surface area contributed by atoms with Gasteiger partial charge in [-0.05, 0) is 20.8 Å². The molecule has 0 heterocycles. The van der Waals surface area contributed by atoms with Crippen molar-refractivity contribution in [2.45, 2.75) is 32.4 Å². The Morgan fingerprint density at radius 1 is 1.58 bits per heavy atom. The molecule has 0 saturated heterocycles. The van der Waals surface area contributed by atoms with Crippen molar-refractivity contribution in [1.29, 1.82) is 0 Å². The number of hydrogen-bond acceptors (Lipinski definition) is 2. The van der Waals surface area contributed by atoms with Crippen LogP contribution >= 0.6 is 0 Å². The van der Waals surface area contributed by atoms with Gasteiger partial charge < -0.3 is 10.0 Å². The molecule has 0 aliphatic heterocycles. The van der Waals surface area contributed by atoms with Crippen LogP contribution in [0.5, 0.6) is 0 Å². The van der Waals surface area contributed by atoms with Gasteiger partial charge in [0.2, 0.25) is 6.41 Å². The minimum atomic E-state index is -0.289. The first-order chi connectivity index (χ1) is 5.47. The molecule has 0 aliphatic carbocycles. The highest BCUT2D eigenvalue weighted by molar-refractivity contribution is 5.50. The second kappa shape index (κ2) is 4.26. The lowest BCUT2D eigenvalue weighted by molar-refractivity contribution is -0.125. The Hall–Kier alpha value is -0.830. The summed E-state index contributed by atoms with van der Waals surface area (Å²) in [6.45, 7) is 9.20. The van der Waals surface area contributed by atoms with E-state index in [9.17, 15) is 4.79 Å². The summed E-state index contributed by atoms with van der Waals surface area (Å²) in [6, 6.07) is -0.289. The number of carbonyl (C=O) groups is 1. The van der Waals surface area contributed by atoms with Crippen molar-refractivity contribution < 1.29 is 9.90 Å². The monoisotopic (exact) mass is 171 g/mol. The average molecular weight is 171 g/mol. The zero-order valence-corrected chi connectivity index (χ0v) is 7.95. The number of amides is 1. The van der Waals surface area contributed by atoms with Gasteiger partial charge in [0.15, 0.2) is 0 Å². The molecule has 3 heteroatoms. The molecular weight excluding hydrogens is 154 g/mol. The zero-order valence-electron chi connectivity index (χ0n) is 7.95. The Bertz CT molecular complexity index is 160. The Kier molecular flexibility index (Phi) is 3.96.